The fourth-order valence-electron chi connectivity index (χ4n) is 4.47. The molecule has 3 rings (SSSR count). The first-order valence-corrected chi connectivity index (χ1v) is 13.9. The molecule has 206 valence electrons. The molecule has 0 spiro atoms. The summed E-state index contributed by atoms with van der Waals surface area (Å²) >= 11 is 17.7. The van der Waals surface area contributed by atoms with Gasteiger partial charge >= 0.3 is 6.03 Å². The number of rotatable bonds is 4. The van der Waals surface area contributed by atoms with E-state index in [0.717, 1.165) is 23.3 Å². The number of likely N-dealkylation sites (tertiary alicyclic amines) is 1. The lowest BCUT2D eigenvalue weighted by Crippen LogP contribution is -2.70. The smallest absolute Gasteiger partial charge is 0.326 e. The predicted octanol–water partition coefficient (Wildman–Crippen LogP) is 4.67. The van der Waals surface area contributed by atoms with Gasteiger partial charge in [-0.2, -0.15) is 0 Å². The maximum atomic E-state index is 13.5. The maximum Gasteiger partial charge on any atom is 0.326 e. The molecule has 2 heterocycles. The first-order valence-electron chi connectivity index (χ1n) is 11.9. The Balaban J connectivity index is 1.90. The summed E-state index contributed by atoms with van der Waals surface area (Å²) in [6.45, 7) is 6.10. The van der Waals surface area contributed by atoms with Crippen LogP contribution in [0.1, 0.15) is 50.4 Å². The normalized spacial score (nSPS) is 20.2. The number of imide groups is 1. The second-order valence-corrected chi connectivity index (χ2v) is 13.4. The molecule has 0 aliphatic carbocycles. The van der Waals surface area contributed by atoms with E-state index in [1.807, 2.05) is 56.4 Å². The van der Waals surface area contributed by atoms with Crippen molar-refractivity contribution < 1.29 is 28.8 Å². The van der Waals surface area contributed by atoms with Crippen molar-refractivity contribution in [3.63, 3.8) is 0 Å². The molecule has 13 heteroatoms. The molecule has 1 aromatic carbocycles. The Kier molecular flexibility index (Phi) is 9.36. The molecule has 1 saturated heterocycles. The van der Waals surface area contributed by atoms with Crippen LogP contribution in [0.2, 0.25) is 0 Å². The van der Waals surface area contributed by atoms with Crippen LogP contribution in [0.3, 0.4) is 0 Å². The van der Waals surface area contributed by atoms with E-state index >= 15 is 0 Å². The zero-order valence-corrected chi connectivity index (χ0v) is 24.2. The van der Waals surface area contributed by atoms with E-state index in [2.05, 4.69) is 10.6 Å². The molecule has 2 aromatic rings. The van der Waals surface area contributed by atoms with Gasteiger partial charge in [0.15, 0.2) is 0 Å². The third kappa shape index (κ3) is 6.98. The minimum absolute atomic E-state index is 0.150. The SMILES string of the molecule is CC(C)(C)[N+]1(C(=O)[O-])CCCC[C@H](NC(=O)c2cc(-c3ccccc3)sc2NC(=O)NC(=O)C(Cl)(Cl)Cl)C1. The van der Waals surface area contributed by atoms with Crippen LogP contribution in [0.25, 0.3) is 10.4 Å². The van der Waals surface area contributed by atoms with Crippen molar-refractivity contribution in [2.45, 2.75) is 55.4 Å². The highest BCUT2D eigenvalue weighted by Crippen LogP contribution is 2.36. The number of benzene rings is 1. The fraction of sp³-hybridized carbons (Fsp3) is 0.440. The number of nitrogens with zero attached hydrogens (tertiary/aromatic N) is 1. The third-order valence-corrected chi connectivity index (χ3v) is 8.20. The van der Waals surface area contributed by atoms with E-state index in [0.29, 0.717) is 24.3 Å². The molecule has 0 radical (unpaired) electrons. The van der Waals surface area contributed by atoms with Crippen LogP contribution in [0.4, 0.5) is 14.6 Å². The average Bonchev–Trinajstić information content (AvgIpc) is 3.10. The monoisotopic (exact) mass is 602 g/mol. The van der Waals surface area contributed by atoms with Crippen molar-refractivity contribution in [3.05, 3.63) is 42.0 Å². The van der Waals surface area contributed by atoms with Crippen molar-refractivity contribution in [1.82, 2.24) is 10.6 Å². The van der Waals surface area contributed by atoms with Crippen molar-refractivity contribution in [2.75, 3.05) is 18.4 Å². The zero-order chi connectivity index (χ0) is 28.3. The molecule has 1 unspecified atom stereocenters. The van der Waals surface area contributed by atoms with E-state index in [4.69, 9.17) is 34.8 Å². The van der Waals surface area contributed by atoms with E-state index in [-0.39, 0.29) is 21.6 Å². The number of carboxylic acid groups (broad SMARTS) is 1. The maximum absolute atomic E-state index is 13.5. The number of carbonyl (C=O) groups excluding carboxylic acids is 4. The Hall–Kier alpha value is -2.37. The molecule has 9 nitrogen and oxygen atoms in total. The molecule has 2 atom stereocenters. The molecule has 38 heavy (non-hydrogen) atoms. The molecule has 1 aliphatic rings. The highest BCUT2D eigenvalue weighted by molar-refractivity contribution is 7.20. The van der Waals surface area contributed by atoms with Gasteiger partial charge in [-0.15, -0.1) is 11.3 Å². The first kappa shape index (κ1) is 30.2. The van der Waals surface area contributed by atoms with Crippen molar-refractivity contribution in [2.24, 2.45) is 0 Å². The molecule has 1 fully saturated rings. The molecule has 1 aromatic heterocycles. The van der Waals surface area contributed by atoms with Gasteiger partial charge in [-0.25, -0.2) is 4.79 Å². The van der Waals surface area contributed by atoms with Gasteiger partial charge < -0.3 is 15.2 Å². The topological polar surface area (TPSA) is 127 Å². The second kappa shape index (κ2) is 11.8. The van der Waals surface area contributed by atoms with Crippen LogP contribution in [-0.2, 0) is 4.79 Å². The number of carbonyl (C=O) groups is 4. The Morgan fingerprint density at radius 1 is 1.05 bits per heavy atom. The number of halogens is 3. The zero-order valence-electron chi connectivity index (χ0n) is 21.1. The number of hydrogen-bond acceptors (Lipinski definition) is 6. The lowest BCUT2D eigenvalue weighted by molar-refractivity contribution is -0.919. The standard InChI is InChI=1S/C25H29Cl3N4O5S/c1-24(2,3)32(23(36)37)12-8-7-11-16(14-32)29-19(33)17-13-18(15-9-5-4-6-10-15)38-20(17)30-22(35)31-21(34)25(26,27)28/h4-6,9-10,13,16H,7-8,11-12,14H2,1-3H3,(H3-,29,30,31,33,34,35,36,37)/t16-,32?/m0/s1. The molecule has 1 aliphatic heterocycles. The summed E-state index contributed by atoms with van der Waals surface area (Å²) in [7, 11) is 0. The van der Waals surface area contributed by atoms with Crippen LogP contribution >= 0.6 is 46.1 Å². The summed E-state index contributed by atoms with van der Waals surface area (Å²) in [5, 5.41) is 19.9. The number of anilines is 1. The number of alkyl halides is 3. The van der Waals surface area contributed by atoms with Gasteiger partial charge in [-0.05, 0) is 51.7 Å². The van der Waals surface area contributed by atoms with Crippen molar-refractivity contribution >= 4 is 75.1 Å². The van der Waals surface area contributed by atoms with Gasteiger partial charge in [0.2, 0.25) is 0 Å². The van der Waals surface area contributed by atoms with Gasteiger partial charge in [0, 0.05) is 4.88 Å². The Labute approximate surface area is 240 Å². The number of thiophene rings is 1. The largest absolute Gasteiger partial charge is 0.498 e. The van der Waals surface area contributed by atoms with E-state index in [9.17, 15) is 24.3 Å². The minimum Gasteiger partial charge on any atom is -0.498 e. The van der Waals surface area contributed by atoms with Gasteiger partial charge in [0.05, 0.1) is 23.7 Å². The third-order valence-electron chi connectivity index (χ3n) is 6.59. The molecule has 3 N–H and O–H groups in total. The lowest BCUT2D eigenvalue weighted by Gasteiger charge is -2.48. The Morgan fingerprint density at radius 2 is 1.71 bits per heavy atom. The second-order valence-electron chi connectivity index (χ2n) is 10.1. The number of amides is 5. The minimum atomic E-state index is -2.35. The number of hydrogen-bond donors (Lipinski definition) is 3. The van der Waals surface area contributed by atoms with Gasteiger partial charge in [0.25, 0.3) is 21.7 Å². The Morgan fingerprint density at radius 3 is 2.29 bits per heavy atom. The molecule has 0 bridgehead atoms. The molecular formula is C25H29Cl3N4O5S. The number of nitrogens with one attached hydrogen (secondary N) is 3. The van der Waals surface area contributed by atoms with Gasteiger partial charge in [-0.3, -0.25) is 24.7 Å². The lowest BCUT2D eigenvalue weighted by atomic mass is 10.0. The highest BCUT2D eigenvalue weighted by atomic mass is 35.6. The summed E-state index contributed by atoms with van der Waals surface area (Å²) in [6, 6.07) is 9.43. The van der Waals surface area contributed by atoms with E-state index in [1.165, 1.54) is 0 Å². The van der Waals surface area contributed by atoms with E-state index < -0.39 is 39.3 Å². The van der Waals surface area contributed by atoms with Gasteiger partial charge in [0.1, 0.15) is 11.5 Å². The fourth-order valence-corrected chi connectivity index (χ4v) is 5.66. The quantitative estimate of drug-likeness (QED) is 0.346. The summed E-state index contributed by atoms with van der Waals surface area (Å²) in [6.07, 6.45) is 0.822. The predicted molar refractivity (Wildman–Crippen MR) is 147 cm³/mol. The van der Waals surface area contributed by atoms with Crippen LogP contribution in [-0.4, -0.2) is 56.9 Å². The van der Waals surface area contributed by atoms with Crippen molar-refractivity contribution in [1.29, 1.82) is 0 Å². The summed E-state index contributed by atoms with van der Waals surface area (Å²) in [4.78, 5) is 50.9. The Bertz CT molecular complexity index is 1210. The van der Waals surface area contributed by atoms with Crippen LogP contribution in [0.5, 0.6) is 0 Å². The molecule has 5 amide bonds. The average molecular weight is 604 g/mol. The summed E-state index contributed by atoms with van der Waals surface area (Å²) < 4.78 is -2.64. The van der Waals surface area contributed by atoms with Crippen molar-refractivity contribution in [3.8, 4) is 10.4 Å². The number of urea groups is 1. The van der Waals surface area contributed by atoms with Crippen LogP contribution in [0, 0.1) is 0 Å². The summed E-state index contributed by atoms with van der Waals surface area (Å²) in [5.74, 6) is -1.65. The molecular weight excluding hydrogens is 575 g/mol. The first-order chi connectivity index (χ1) is 17.6. The highest BCUT2D eigenvalue weighted by Gasteiger charge is 2.45. The van der Waals surface area contributed by atoms with Crippen LogP contribution < -0.4 is 21.1 Å². The number of quaternary nitrogens is 1. The van der Waals surface area contributed by atoms with Gasteiger partial charge in [-0.1, -0.05) is 65.1 Å². The van der Waals surface area contributed by atoms with Crippen LogP contribution in [0.15, 0.2) is 36.4 Å². The molecule has 0 saturated carbocycles. The summed E-state index contributed by atoms with van der Waals surface area (Å²) in [5.41, 5.74) is 0.318. The van der Waals surface area contributed by atoms with E-state index in [1.54, 1.807) is 6.07 Å².